The molecule has 2 aromatic carbocycles. The van der Waals surface area contributed by atoms with E-state index >= 15 is 0 Å². The molecule has 1 saturated heterocycles. The van der Waals surface area contributed by atoms with E-state index in [9.17, 15) is 9.59 Å². The molecule has 1 aliphatic heterocycles. The molecule has 1 heterocycles. The molecule has 7 heteroatoms. The average Bonchev–Trinajstić information content (AvgIpc) is 3.16. The maximum absolute atomic E-state index is 12.3. The minimum Gasteiger partial charge on any atom is -0.483 e. The van der Waals surface area contributed by atoms with Gasteiger partial charge >= 0.3 is 0 Å². The number of anilines is 1. The molecule has 2 aromatic rings. The Hall–Kier alpha value is -2.05. The topological polar surface area (TPSA) is 58.6 Å². The van der Waals surface area contributed by atoms with Crippen LogP contribution in [0.25, 0.3) is 0 Å². The second-order valence-electron chi connectivity index (χ2n) is 5.99. The SMILES string of the molecule is O=C(COc1ccc(Cl)cc1Br)Nc1ccc(C(=O)N2CCCC2)cc1. The predicted molar refractivity (Wildman–Crippen MR) is 105 cm³/mol. The van der Waals surface area contributed by atoms with Crippen molar-refractivity contribution < 1.29 is 14.3 Å². The van der Waals surface area contributed by atoms with E-state index in [1.807, 2.05) is 4.90 Å². The first-order valence-corrected chi connectivity index (χ1v) is 9.47. The number of nitrogens with one attached hydrogen (secondary N) is 1. The summed E-state index contributed by atoms with van der Waals surface area (Å²) in [4.78, 5) is 26.2. The number of halogens is 2. The summed E-state index contributed by atoms with van der Waals surface area (Å²) in [6.07, 6.45) is 2.12. The molecule has 0 aromatic heterocycles. The standard InChI is InChI=1S/C19H18BrClN2O3/c20-16-11-14(21)5-8-17(16)26-12-18(24)22-15-6-3-13(4-7-15)19(25)23-9-1-2-10-23/h3-8,11H,1-2,9-10,12H2,(H,22,24). The molecule has 0 spiro atoms. The highest BCUT2D eigenvalue weighted by atomic mass is 79.9. The van der Waals surface area contributed by atoms with E-state index in [1.165, 1.54) is 0 Å². The fourth-order valence-corrected chi connectivity index (χ4v) is 3.53. The van der Waals surface area contributed by atoms with Crippen molar-refractivity contribution in [1.82, 2.24) is 4.90 Å². The second-order valence-corrected chi connectivity index (χ2v) is 7.28. The van der Waals surface area contributed by atoms with E-state index < -0.39 is 0 Å². The number of amides is 2. The lowest BCUT2D eigenvalue weighted by Gasteiger charge is -2.15. The molecule has 0 bridgehead atoms. The van der Waals surface area contributed by atoms with Gasteiger partial charge in [0.05, 0.1) is 4.47 Å². The van der Waals surface area contributed by atoms with Gasteiger partial charge in [0.25, 0.3) is 11.8 Å². The summed E-state index contributed by atoms with van der Waals surface area (Å²) in [5.41, 5.74) is 1.25. The van der Waals surface area contributed by atoms with Gasteiger partial charge in [-0.1, -0.05) is 11.6 Å². The molecular weight excluding hydrogens is 420 g/mol. The largest absolute Gasteiger partial charge is 0.483 e. The highest BCUT2D eigenvalue weighted by molar-refractivity contribution is 9.10. The number of ether oxygens (including phenoxy) is 1. The van der Waals surface area contributed by atoms with Crippen LogP contribution >= 0.6 is 27.5 Å². The molecule has 0 radical (unpaired) electrons. The van der Waals surface area contributed by atoms with Crippen LogP contribution in [-0.2, 0) is 4.79 Å². The Balaban J connectivity index is 1.53. The van der Waals surface area contributed by atoms with Crippen LogP contribution in [0.3, 0.4) is 0 Å². The highest BCUT2D eigenvalue weighted by Crippen LogP contribution is 2.27. The summed E-state index contributed by atoms with van der Waals surface area (Å²) in [5.74, 6) is 0.290. The van der Waals surface area contributed by atoms with Crippen molar-refractivity contribution in [3.63, 3.8) is 0 Å². The van der Waals surface area contributed by atoms with E-state index in [-0.39, 0.29) is 18.4 Å². The molecule has 2 amide bonds. The van der Waals surface area contributed by atoms with Crippen molar-refractivity contribution in [2.75, 3.05) is 25.0 Å². The number of nitrogens with zero attached hydrogens (tertiary/aromatic N) is 1. The van der Waals surface area contributed by atoms with E-state index in [1.54, 1.807) is 42.5 Å². The summed E-state index contributed by atoms with van der Waals surface area (Å²) in [5, 5.41) is 3.33. The Morgan fingerprint density at radius 2 is 1.81 bits per heavy atom. The van der Waals surface area contributed by atoms with Gasteiger partial charge in [-0.2, -0.15) is 0 Å². The number of likely N-dealkylation sites (tertiary alicyclic amines) is 1. The van der Waals surface area contributed by atoms with Crippen molar-refractivity contribution in [2.45, 2.75) is 12.8 Å². The van der Waals surface area contributed by atoms with Crippen molar-refractivity contribution in [3.05, 3.63) is 57.5 Å². The third-order valence-corrected chi connectivity index (χ3v) is 4.92. The molecule has 26 heavy (non-hydrogen) atoms. The van der Waals surface area contributed by atoms with Crippen LogP contribution in [0, 0.1) is 0 Å². The van der Waals surface area contributed by atoms with Gasteiger partial charge in [-0.15, -0.1) is 0 Å². The first-order valence-electron chi connectivity index (χ1n) is 8.30. The van der Waals surface area contributed by atoms with E-state index in [0.717, 1.165) is 25.9 Å². The number of hydrogen-bond acceptors (Lipinski definition) is 3. The lowest BCUT2D eigenvalue weighted by molar-refractivity contribution is -0.118. The number of carbonyl (C=O) groups is 2. The lowest BCUT2D eigenvalue weighted by atomic mass is 10.2. The number of benzene rings is 2. The fraction of sp³-hybridized carbons (Fsp3) is 0.263. The molecule has 0 unspecified atom stereocenters. The van der Waals surface area contributed by atoms with Gasteiger partial charge in [0.15, 0.2) is 6.61 Å². The van der Waals surface area contributed by atoms with Crippen LogP contribution in [-0.4, -0.2) is 36.4 Å². The summed E-state index contributed by atoms with van der Waals surface area (Å²) in [6.45, 7) is 1.50. The van der Waals surface area contributed by atoms with Gasteiger partial charge in [0.2, 0.25) is 0 Å². The summed E-state index contributed by atoms with van der Waals surface area (Å²) < 4.78 is 6.16. The lowest BCUT2D eigenvalue weighted by Crippen LogP contribution is -2.27. The first-order chi connectivity index (χ1) is 12.5. The zero-order valence-electron chi connectivity index (χ0n) is 14.0. The third kappa shape index (κ3) is 4.77. The van der Waals surface area contributed by atoms with Gasteiger partial charge < -0.3 is 15.0 Å². The Labute approximate surface area is 165 Å². The predicted octanol–water partition coefficient (Wildman–Crippen LogP) is 4.36. The molecule has 136 valence electrons. The Bertz CT molecular complexity index is 805. The van der Waals surface area contributed by atoms with E-state index in [2.05, 4.69) is 21.2 Å². The minimum atomic E-state index is -0.287. The Kier molecular flexibility index (Phi) is 6.16. The summed E-state index contributed by atoms with van der Waals surface area (Å²) >= 11 is 9.21. The second kappa shape index (κ2) is 8.56. The molecule has 1 N–H and O–H groups in total. The number of carbonyl (C=O) groups excluding carboxylic acids is 2. The van der Waals surface area contributed by atoms with Crippen LogP contribution in [0.1, 0.15) is 23.2 Å². The third-order valence-electron chi connectivity index (χ3n) is 4.06. The number of hydrogen-bond donors (Lipinski definition) is 1. The minimum absolute atomic E-state index is 0.0382. The van der Waals surface area contributed by atoms with Crippen molar-refractivity contribution >= 4 is 45.0 Å². The van der Waals surface area contributed by atoms with E-state index in [4.69, 9.17) is 16.3 Å². The molecule has 1 fully saturated rings. The monoisotopic (exact) mass is 436 g/mol. The van der Waals surface area contributed by atoms with Crippen LogP contribution in [0.5, 0.6) is 5.75 Å². The summed E-state index contributed by atoms with van der Waals surface area (Å²) in [6, 6.07) is 12.0. The highest BCUT2D eigenvalue weighted by Gasteiger charge is 2.19. The summed E-state index contributed by atoms with van der Waals surface area (Å²) in [7, 11) is 0. The maximum atomic E-state index is 12.3. The smallest absolute Gasteiger partial charge is 0.262 e. The zero-order valence-corrected chi connectivity index (χ0v) is 16.3. The maximum Gasteiger partial charge on any atom is 0.262 e. The van der Waals surface area contributed by atoms with Crippen LogP contribution < -0.4 is 10.1 Å². The Morgan fingerprint density at radius 3 is 2.46 bits per heavy atom. The molecule has 0 saturated carbocycles. The van der Waals surface area contributed by atoms with Gasteiger partial charge in [-0.05, 0) is 71.2 Å². The van der Waals surface area contributed by atoms with Crippen molar-refractivity contribution in [2.24, 2.45) is 0 Å². The van der Waals surface area contributed by atoms with Crippen LogP contribution in [0.2, 0.25) is 5.02 Å². The van der Waals surface area contributed by atoms with Crippen LogP contribution in [0.15, 0.2) is 46.9 Å². The zero-order chi connectivity index (χ0) is 18.5. The quantitative estimate of drug-likeness (QED) is 0.756. The van der Waals surface area contributed by atoms with Crippen molar-refractivity contribution in [3.8, 4) is 5.75 Å². The molecule has 0 aliphatic carbocycles. The molecule has 1 aliphatic rings. The number of rotatable bonds is 5. The normalized spacial score (nSPS) is 13.5. The average molecular weight is 438 g/mol. The fourth-order valence-electron chi connectivity index (χ4n) is 2.73. The van der Waals surface area contributed by atoms with Crippen molar-refractivity contribution in [1.29, 1.82) is 0 Å². The first kappa shape index (κ1) is 18.7. The van der Waals surface area contributed by atoms with Gasteiger partial charge in [0.1, 0.15) is 5.75 Å². The van der Waals surface area contributed by atoms with E-state index in [0.29, 0.717) is 26.5 Å². The van der Waals surface area contributed by atoms with Gasteiger partial charge in [-0.25, -0.2) is 0 Å². The Morgan fingerprint density at radius 1 is 1.12 bits per heavy atom. The molecule has 5 nitrogen and oxygen atoms in total. The molecule has 0 atom stereocenters. The van der Waals surface area contributed by atoms with Gasteiger partial charge in [-0.3, -0.25) is 9.59 Å². The molecular formula is C19H18BrClN2O3. The molecule has 3 rings (SSSR count). The van der Waals surface area contributed by atoms with Crippen LogP contribution in [0.4, 0.5) is 5.69 Å². The van der Waals surface area contributed by atoms with Gasteiger partial charge in [0, 0.05) is 29.4 Å².